The average Bonchev–Trinajstić information content (AvgIpc) is 3.55. The smallest absolute Gasteiger partial charge is 0.273 e. The van der Waals surface area contributed by atoms with E-state index in [1.807, 2.05) is 0 Å². The SMILES string of the molecule is O=C(NC1CC1)c1coc(CN(C(=O)c2ccc(Cl)c(Cl)c2)C2CC2)n1. The number of hydrogen-bond acceptors (Lipinski definition) is 4. The Balaban J connectivity index is 1.48. The van der Waals surface area contributed by atoms with Crippen LogP contribution in [-0.4, -0.2) is 33.8 Å². The lowest BCUT2D eigenvalue weighted by Gasteiger charge is -2.21. The molecule has 2 fully saturated rings. The fourth-order valence-electron chi connectivity index (χ4n) is 2.67. The quantitative estimate of drug-likeness (QED) is 0.811. The second-order valence-corrected chi connectivity index (χ2v) is 7.48. The third-order valence-electron chi connectivity index (χ3n) is 4.42. The van der Waals surface area contributed by atoms with E-state index in [-0.39, 0.29) is 36.1 Å². The minimum absolute atomic E-state index is 0.146. The summed E-state index contributed by atoms with van der Waals surface area (Å²) in [5.74, 6) is -0.0595. The fraction of sp³-hybridized carbons (Fsp3) is 0.389. The van der Waals surface area contributed by atoms with Crippen LogP contribution < -0.4 is 5.32 Å². The van der Waals surface area contributed by atoms with Crippen LogP contribution in [0.3, 0.4) is 0 Å². The number of carbonyl (C=O) groups is 2. The molecule has 4 rings (SSSR count). The van der Waals surface area contributed by atoms with E-state index >= 15 is 0 Å². The van der Waals surface area contributed by atoms with Gasteiger partial charge in [-0.25, -0.2) is 4.98 Å². The van der Waals surface area contributed by atoms with Crippen molar-refractivity contribution in [2.24, 2.45) is 0 Å². The number of nitrogens with zero attached hydrogens (tertiary/aromatic N) is 2. The van der Waals surface area contributed by atoms with Crippen molar-refractivity contribution in [3.63, 3.8) is 0 Å². The highest BCUT2D eigenvalue weighted by molar-refractivity contribution is 6.42. The van der Waals surface area contributed by atoms with E-state index in [2.05, 4.69) is 10.3 Å². The van der Waals surface area contributed by atoms with E-state index < -0.39 is 0 Å². The largest absolute Gasteiger partial charge is 0.446 e. The van der Waals surface area contributed by atoms with Crippen molar-refractivity contribution in [3.05, 3.63) is 51.7 Å². The van der Waals surface area contributed by atoms with Gasteiger partial charge in [-0.15, -0.1) is 0 Å². The molecule has 0 spiro atoms. The minimum Gasteiger partial charge on any atom is -0.446 e. The number of aromatic nitrogens is 1. The first-order valence-electron chi connectivity index (χ1n) is 8.52. The predicted octanol–water partition coefficient (Wildman–Crippen LogP) is 3.68. The Kier molecular flexibility index (Phi) is 4.63. The van der Waals surface area contributed by atoms with Crippen molar-refractivity contribution in [1.82, 2.24) is 15.2 Å². The van der Waals surface area contributed by atoms with Gasteiger partial charge < -0.3 is 14.6 Å². The molecule has 2 aliphatic rings. The van der Waals surface area contributed by atoms with Crippen LogP contribution in [0.25, 0.3) is 0 Å². The Hall–Kier alpha value is -2.05. The molecule has 1 N–H and O–H groups in total. The second kappa shape index (κ2) is 6.93. The average molecular weight is 394 g/mol. The molecule has 1 aromatic carbocycles. The topological polar surface area (TPSA) is 75.4 Å². The number of hydrogen-bond donors (Lipinski definition) is 1. The Bertz CT molecular complexity index is 859. The van der Waals surface area contributed by atoms with Crippen LogP contribution in [0.2, 0.25) is 10.0 Å². The first-order chi connectivity index (χ1) is 12.5. The molecule has 0 radical (unpaired) electrons. The van der Waals surface area contributed by atoms with E-state index in [1.54, 1.807) is 23.1 Å². The van der Waals surface area contributed by atoms with Crippen LogP contribution in [0.5, 0.6) is 0 Å². The summed E-state index contributed by atoms with van der Waals surface area (Å²) >= 11 is 11.9. The zero-order valence-corrected chi connectivity index (χ0v) is 15.4. The molecule has 8 heteroatoms. The van der Waals surface area contributed by atoms with Crippen LogP contribution in [-0.2, 0) is 6.54 Å². The number of halogens is 2. The molecular weight excluding hydrogens is 377 g/mol. The Morgan fingerprint density at radius 1 is 1.19 bits per heavy atom. The Morgan fingerprint density at radius 2 is 1.96 bits per heavy atom. The van der Waals surface area contributed by atoms with Crippen LogP contribution in [0, 0.1) is 0 Å². The Morgan fingerprint density at radius 3 is 2.62 bits per heavy atom. The molecule has 2 aliphatic carbocycles. The van der Waals surface area contributed by atoms with Crippen LogP contribution in [0.15, 0.2) is 28.9 Å². The van der Waals surface area contributed by atoms with Gasteiger partial charge in [0, 0.05) is 17.6 Å². The van der Waals surface area contributed by atoms with Gasteiger partial charge >= 0.3 is 0 Å². The van der Waals surface area contributed by atoms with Crippen LogP contribution in [0.1, 0.15) is 52.4 Å². The van der Waals surface area contributed by atoms with Crippen molar-refractivity contribution in [2.45, 2.75) is 44.3 Å². The molecule has 0 bridgehead atoms. The first kappa shape index (κ1) is 17.4. The highest BCUT2D eigenvalue weighted by Gasteiger charge is 2.34. The first-order valence-corrected chi connectivity index (χ1v) is 9.28. The standard InChI is InChI=1S/C18H17Cl2N3O3/c19-13-6-1-10(7-14(13)20)18(25)23(12-4-5-12)8-16-22-15(9-26-16)17(24)21-11-2-3-11/h1,6-7,9,11-12H,2-5,8H2,(H,21,24). The summed E-state index contributed by atoms with van der Waals surface area (Å²) in [6, 6.07) is 5.21. The maximum absolute atomic E-state index is 12.9. The molecule has 26 heavy (non-hydrogen) atoms. The molecule has 2 saturated carbocycles. The molecule has 0 atom stereocenters. The summed E-state index contributed by atoms with van der Waals surface area (Å²) in [7, 11) is 0. The van der Waals surface area contributed by atoms with E-state index in [0.717, 1.165) is 25.7 Å². The lowest BCUT2D eigenvalue weighted by atomic mass is 10.2. The van der Waals surface area contributed by atoms with Crippen LogP contribution in [0.4, 0.5) is 0 Å². The molecule has 136 valence electrons. The normalized spacial score (nSPS) is 16.4. The highest BCUT2D eigenvalue weighted by Crippen LogP contribution is 2.31. The summed E-state index contributed by atoms with van der Waals surface area (Å²) in [6.45, 7) is 0.209. The molecule has 6 nitrogen and oxygen atoms in total. The van der Waals surface area contributed by atoms with Crippen molar-refractivity contribution < 1.29 is 14.0 Å². The minimum atomic E-state index is -0.240. The molecule has 0 saturated heterocycles. The van der Waals surface area contributed by atoms with Gasteiger partial charge in [0.2, 0.25) is 5.89 Å². The van der Waals surface area contributed by atoms with E-state index in [9.17, 15) is 9.59 Å². The van der Waals surface area contributed by atoms with Gasteiger partial charge in [-0.3, -0.25) is 9.59 Å². The van der Waals surface area contributed by atoms with Crippen molar-refractivity contribution in [1.29, 1.82) is 0 Å². The van der Waals surface area contributed by atoms with E-state index in [4.69, 9.17) is 27.6 Å². The van der Waals surface area contributed by atoms with Gasteiger partial charge in [0.15, 0.2) is 5.69 Å². The third-order valence-corrected chi connectivity index (χ3v) is 5.16. The monoisotopic (exact) mass is 393 g/mol. The lowest BCUT2D eigenvalue weighted by molar-refractivity contribution is 0.0714. The third kappa shape index (κ3) is 3.86. The van der Waals surface area contributed by atoms with Gasteiger partial charge in [-0.2, -0.15) is 0 Å². The van der Waals surface area contributed by atoms with Crippen molar-refractivity contribution >= 4 is 35.0 Å². The highest BCUT2D eigenvalue weighted by atomic mass is 35.5. The summed E-state index contributed by atoms with van der Waals surface area (Å²) < 4.78 is 5.41. The molecule has 0 aliphatic heterocycles. The summed E-state index contributed by atoms with van der Waals surface area (Å²) in [5.41, 5.74) is 0.703. The lowest BCUT2D eigenvalue weighted by Crippen LogP contribution is -2.33. The zero-order chi connectivity index (χ0) is 18.3. The number of rotatable bonds is 6. The molecule has 1 heterocycles. The maximum Gasteiger partial charge on any atom is 0.273 e. The summed E-state index contributed by atoms with van der Waals surface area (Å²) in [6.07, 6.45) is 5.21. The molecule has 1 aromatic heterocycles. The molecule has 2 aromatic rings. The van der Waals surface area contributed by atoms with Gasteiger partial charge in [0.25, 0.3) is 11.8 Å². The second-order valence-electron chi connectivity index (χ2n) is 6.67. The number of amides is 2. The fourth-order valence-corrected chi connectivity index (χ4v) is 2.97. The van der Waals surface area contributed by atoms with Gasteiger partial charge in [0.1, 0.15) is 6.26 Å². The van der Waals surface area contributed by atoms with Crippen molar-refractivity contribution in [2.75, 3.05) is 0 Å². The Labute approximate surface area is 160 Å². The number of oxazole rings is 1. The van der Waals surface area contributed by atoms with Gasteiger partial charge in [-0.05, 0) is 43.9 Å². The van der Waals surface area contributed by atoms with Crippen LogP contribution >= 0.6 is 23.2 Å². The zero-order valence-electron chi connectivity index (χ0n) is 13.9. The maximum atomic E-state index is 12.9. The summed E-state index contributed by atoms with van der Waals surface area (Å²) in [5, 5.41) is 3.60. The molecule has 0 unspecified atom stereocenters. The molecule has 2 amide bonds. The summed E-state index contributed by atoms with van der Waals surface area (Å²) in [4.78, 5) is 30.8. The van der Waals surface area contributed by atoms with Crippen molar-refractivity contribution in [3.8, 4) is 0 Å². The van der Waals surface area contributed by atoms with Gasteiger partial charge in [-0.1, -0.05) is 23.2 Å². The van der Waals surface area contributed by atoms with Gasteiger partial charge in [0.05, 0.1) is 16.6 Å². The molecular formula is C18H17Cl2N3O3. The van der Waals surface area contributed by atoms with E-state index in [0.29, 0.717) is 21.5 Å². The number of nitrogens with one attached hydrogen (secondary N) is 1. The predicted molar refractivity (Wildman–Crippen MR) is 96.3 cm³/mol. The van der Waals surface area contributed by atoms with E-state index in [1.165, 1.54) is 6.26 Å². The number of benzene rings is 1. The number of carbonyl (C=O) groups excluding carboxylic acids is 2.